The zero-order valence-electron chi connectivity index (χ0n) is 8.79. The molecule has 2 heteroatoms. The van der Waals surface area contributed by atoms with Crippen molar-refractivity contribution in [3.8, 4) is 11.3 Å². The Balaban J connectivity index is 2.69. The molecule has 0 aliphatic rings. The summed E-state index contributed by atoms with van der Waals surface area (Å²) in [4.78, 5) is 4.39. The SMILES string of the molecule is Cc1cccnc1-c1c(C)cccc1Cl. The van der Waals surface area contributed by atoms with Crippen LogP contribution in [0.3, 0.4) is 0 Å². The van der Waals surface area contributed by atoms with Crippen LogP contribution in [-0.4, -0.2) is 4.98 Å². The molecular weight excluding hydrogens is 206 g/mol. The van der Waals surface area contributed by atoms with Gasteiger partial charge in [0.25, 0.3) is 0 Å². The second-order valence-corrected chi connectivity index (χ2v) is 4.01. The largest absolute Gasteiger partial charge is 0.256 e. The van der Waals surface area contributed by atoms with Gasteiger partial charge in [0.1, 0.15) is 0 Å². The van der Waals surface area contributed by atoms with Crippen LogP contribution in [0.5, 0.6) is 0 Å². The molecule has 2 aromatic rings. The first kappa shape index (κ1) is 10.2. The van der Waals surface area contributed by atoms with E-state index in [1.807, 2.05) is 31.2 Å². The van der Waals surface area contributed by atoms with Crippen LogP contribution < -0.4 is 0 Å². The zero-order chi connectivity index (χ0) is 10.8. The quantitative estimate of drug-likeness (QED) is 0.703. The average Bonchev–Trinajstić information content (AvgIpc) is 2.20. The van der Waals surface area contributed by atoms with E-state index >= 15 is 0 Å². The fraction of sp³-hybridized carbons (Fsp3) is 0.154. The van der Waals surface area contributed by atoms with Crippen LogP contribution >= 0.6 is 11.6 Å². The van der Waals surface area contributed by atoms with E-state index < -0.39 is 0 Å². The fourth-order valence-electron chi connectivity index (χ4n) is 1.68. The normalized spacial score (nSPS) is 10.3. The molecule has 0 aliphatic carbocycles. The molecule has 0 amide bonds. The minimum absolute atomic E-state index is 0.761. The maximum atomic E-state index is 6.20. The van der Waals surface area contributed by atoms with Gasteiger partial charge in [0.05, 0.1) is 10.7 Å². The van der Waals surface area contributed by atoms with Gasteiger partial charge in [0, 0.05) is 11.8 Å². The van der Waals surface area contributed by atoms with E-state index in [0.29, 0.717) is 0 Å². The highest BCUT2D eigenvalue weighted by atomic mass is 35.5. The van der Waals surface area contributed by atoms with E-state index in [-0.39, 0.29) is 0 Å². The summed E-state index contributed by atoms with van der Waals surface area (Å²) in [5.41, 5.74) is 4.32. The molecule has 1 aromatic carbocycles. The molecule has 0 aliphatic heterocycles. The number of halogens is 1. The van der Waals surface area contributed by atoms with Crippen molar-refractivity contribution in [2.45, 2.75) is 13.8 Å². The molecular formula is C13H12ClN. The van der Waals surface area contributed by atoms with Crippen molar-refractivity contribution in [2.75, 3.05) is 0 Å². The maximum Gasteiger partial charge on any atom is 0.0748 e. The number of benzene rings is 1. The Morgan fingerprint density at radius 3 is 2.40 bits per heavy atom. The topological polar surface area (TPSA) is 12.9 Å². The van der Waals surface area contributed by atoms with Crippen LogP contribution in [0.4, 0.5) is 0 Å². The Kier molecular flexibility index (Phi) is 2.74. The standard InChI is InChI=1S/C13H12ClN/c1-9-5-3-7-11(14)12(9)13-10(2)6-4-8-15-13/h3-8H,1-2H3. The molecule has 1 heterocycles. The van der Waals surface area contributed by atoms with E-state index in [9.17, 15) is 0 Å². The lowest BCUT2D eigenvalue weighted by atomic mass is 10.0. The second-order valence-electron chi connectivity index (χ2n) is 3.60. The third-order valence-electron chi connectivity index (χ3n) is 2.47. The first-order valence-electron chi connectivity index (χ1n) is 4.87. The summed E-state index contributed by atoms with van der Waals surface area (Å²) >= 11 is 6.20. The van der Waals surface area contributed by atoms with Gasteiger partial charge in [-0.25, -0.2) is 0 Å². The van der Waals surface area contributed by atoms with Crippen molar-refractivity contribution < 1.29 is 0 Å². The second kappa shape index (κ2) is 4.03. The van der Waals surface area contributed by atoms with E-state index in [0.717, 1.165) is 27.4 Å². The number of aromatic nitrogens is 1. The molecule has 0 saturated carbocycles. The highest BCUT2D eigenvalue weighted by Gasteiger charge is 2.09. The molecule has 0 radical (unpaired) electrons. The highest BCUT2D eigenvalue weighted by Crippen LogP contribution is 2.31. The summed E-state index contributed by atoms with van der Waals surface area (Å²) in [6, 6.07) is 9.89. The molecule has 0 N–H and O–H groups in total. The molecule has 1 aromatic heterocycles. The predicted octanol–water partition coefficient (Wildman–Crippen LogP) is 4.02. The minimum atomic E-state index is 0.761. The highest BCUT2D eigenvalue weighted by molar-refractivity contribution is 6.33. The van der Waals surface area contributed by atoms with Crippen LogP contribution in [0.15, 0.2) is 36.5 Å². The Morgan fingerprint density at radius 1 is 1.00 bits per heavy atom. The van der Waals surface area contributed by atoms with Crippen LogP contribution in [0.25, 0.3) is 11.3 Å². The Morgan fingerprint density at radius 2 is 1.73 bits per heavy atom. The molecule has 0 atom stereocenters. The monoisotopic (exact) mass is 217 g/mol. The molecule has 0 unspecified atom stereocenters. The molecule has 0 bridgehead atoms. The minimum Gasteiger partial charge on any atom is -0.256 e. The lowest BCUT2D eigenvalue weighted by molar-refractivity contribution is 1.26. The van der Waals surface area contributed by atoms with Crippen LogP contribution in [0.1, 0.15) is 11.1 Å². The van der Waals surface area contributed by atoms with Gasteiger partial charge in [-0.05, 0) is 37.1 Å². The Labute approximate surface area is 94.7 Å². The number of nitrogens with zero attached hydrogens (tertiary/aromatic N) is 1. The number of rotatable bonds is 1. The maximum absolute atomic E-state index is 6.20. The van der Waals surface area contributed by atoms with Crippen molar-refractivity contribution in [3.63, 3.8) is 0 Å². The van der Waals surface area contributed by atoms with Crippen molar-refractivity contribution in [2.24, 2.45) is 0 Å². The third kappa shape index (κ3) is 1.88. The van der Waals surface area contributed by atoms with E-state index in [2.05, 4.69) is 18.0 Å². The van der Waals surface area contributed by atoms with E-state index in [1.54, 1.807) is 6.20 Å². The van der Waals surface area contributed by atoms with Crippen LogP contribution in [0, 0.1) is 13.8 Å². The van der Waals surface area contributed by atoms with Gasteiger partial charge in [-0.15, -0.1) is 0 Å². The van der Waals surface area contributed by atoms with Gasteiger partial charge in [0.2, 0.25) is 0 Å². The van der Waals surface area contributed by atoms with Crippen molar-refractivity contribution in [1.29, 1.82) is 0 Å². The van der Waals surface area contributed by atoms with Crippen LogP contribution in [-0.2, 0) is 0 Å². The summed E-state index contributed by atoms with van der Waals surface area (Å²) in [5.74, 6) is 0. The van der Waals surface area contributed by atoms with Gasteiger partial charge in [-0.3, -0.25) is 4.98 Å². The Hall–Kier alpha value is -1.34. The van der Waals surface area contributed by atoms with Crippen molar-refractivity contribution in [1.82, 2.24) is 4.98 Å². The molecule has 2 rings (SSSR count). The Bertz CT molecular complexity index is 471. The van der Waals surface area contributed by atoms with Crippen molar-refractivity contribution >= 4 is 11.6 Å². The van der Waals surface area contributed by atoms with Gasteiger partial charge in [-0.1, -0.05) is 29.8 Å². The summed E-state index contributed by atoms with van der Waals surface area (Å²) in [7, 11) is 0. The lowest BCUT2D eigenvalue weighted by Crippen LogP contribution is -1.91. The fourth-order valence-corrected chi connectivity index (χ4v) is 1.99. The van der Waals surface area contributed by atoms with Gasteiger partial charge in [0.15, 0.2) is 0 Å². The van der Waals surface area contributed by atoms with Crippen LogP contribution in [0.2, 0.25) is 5.02 Å². The lowest BCUT2D eigenvalue weighted by Gasteiger charge is -2.09. The smallest absolute Gasteiger partial charge is 0.0748 e. The van der Waals surface area contributed by atoms with E-state index in [1.165, 1.54) is 0 Å². The van der Waals surface area contributed by atoms with Gasteiger partial charge >= 0.3 is 0 Å². The number of pyridine rings is 1. The zero-order valence-corrected chi connectivity index (χ0v) is 9.55. The molecule has 0 fully saturated rings. The van der Waals surface area contributed by atoms with Crippen molar-refractivity contribution in [3.05, 3.63) is 52.7 Å². The summed E-state index contributed by atoms with van der Waals surface area (Å²) in [6.45, 7) is 4.10. The summed E-state index contributed by atoms with van der Waals surface area (Å²) < 4.78 is 0. The molecule has 76 valence electrons. The molecule has 1 nitrogen and oxygen atoms in total. The molecule has 0 saturated heterocycles. The third-order valence-corrected chi connectivity index (χ3v) is 2.78. The predicted molar refractivity (Wildman–Crippen MR) is 64.2 cm³/mol. The summed E-state index contributed by atoms with van der Waals surface area (Å²) in [5, 5.41) is 0.761. The van der Waals surface area contributed by atoms with E-state index in [4.69, 9.17) is 11.6 Å². The first-order valence-corrected chi connectivity index (χ1v) is 5.25. The summed E-state index contributed by atoms with van der Waals surface area (Å²) in [6.07, 6.45) is 1.80. The van der Waals surface area contributed by atoms with Gasteiger partial charge in [-0.2, -0.15) is 0 Å². The molecule has 0 spiro atoms. The number of hydrogen-bond donors (Lipinski definition) is 0. The van der Waals surface area contributed by atoms with Gasteiger partial charge < -0.3 is 0 Å². The molecule has 15 heavy (non-hydrogen) atoms. The average molecular weight is 218 g/mol. The number of hydrogen-bond acceptors (Lipinski definition) is 1. The first-order chi connectivity index (χ1) is 7.20. The number of aryl methyl sites for hydroxylation is 2.